The Hall–Kier alpha value is -2.91. The van der Waals surface area contributed by atoms with Crippen LogP contribution in [0.3, 0.4) is 0 Å². The number of aryl methyl sites for hydroxylation is 1. The van der Waals surface area contributed by atoms with Gasteiger partial charge in [-0.25, -0.2) is 0 Å². The number of halogens is 4. The van der Waals surface area contributed by atoms with Gasteiger partial charge in [-0.05, 0) is 48.7 Å². The van der Waals surface area contributed by atoms with Crippen LogP contribution in [0.15, 0.2) is 40.9 Å². The molecule has 2 aliphatic rings. The van der Waals surface area contributed by atoms with E-state index in [1.165, 1.54) is 0 Å². The maximum Gasteiger partial charge on any atom is 0.471 e. The quantitative estimate of drug-likeness (QED) is 0.587. The van der Waals surface area contributed by atoms with Gasteiger partial charge in [-0.2, -0.15) is 18.2 Å². The van der Waals surface area contributed by atoms with Gasteiger partial charge in [0.1, 0.15) is 0 Å². The van der Waals surface area contributed by atoms with Crippen molar-refractivity contribution >= 4 is 17.5 Å². The lowest BCUT2D eigenvalue weighted by atomic mass is 9.85. The first kappa shape index (κ1) is 21.9. The summed E-state index contributed by atoms with van der Waals surface area (Å²) in [4.78, 5) is 18.7. The van der Waals surface area contributed by atoms with Crippen molar-refractivity contribution in [2.45, 2.75) is 38.0 Å². The highest BCUT2D eigenvalue weighted by Crippen LogP contribution is 2.37. The number of benzene rings is 2. The van der Waals surface area contributed by atoms with Gasteiger partial charge in [0.2, 0.25) is 5.82 Å². The van der Waals surface area contributed by atoms with Crippen LogP contribution in [0.1, 0.15) is 45.3 Å². The fraction of sp³-hybridized carbons (Fsp3) is 0.348. The third-order valence-corrected chi connectivity index (χ3v) is 6.75. The minimum Gasteiger partial charge on any atom is -0.331 e. The summed E-state index contributed by atoms with van der Waals surface area (Å²) in [6, 6.07) is 10.9. The molecule has 1 N–H and O–H groups in total. The molecule has 1 saturated heterocycles. The van der Waals surface area contributed by atoms with Crippen molar-refractivity contribution in [1.29, 1.82) is 0 Å². The lowest BCUT2D eigenvalue weighted by Gasteiger charge is -2.38. The molecular weight excluding hydrogens is 457 g/mol. The van der Waals surface area contributed by atoms with Crippen LogP contribution in [-0.2, 0) is 12.7 Å². The molecule has 2 aliphatic heterocycles. The largest absolute Gasteiger partial charge is 0.471 e. The minimum absolute atomic E-state index is 0.0321. The molecular formula is C23H20ClF3N4O2. The number of piperidine rings is 1. The molecule has 0 bridgehead atoms. The third kappa shape index (κ3) is 4.00. The van der Waals surface area contributed by atoms with Crippen LogP contribution in [0.25, 0.3) is 11.4 Å². The Morgan fingerprint density at radius 2 is 2.03 bits per heavy atom. The molecule has 5 rings (SSSR count). The van der Waals surface area contributed by atoms with E-state index in [2.05, 4.69) is 20.0 Å². The maximum absolute atomic E-state index is 13.4. The molecule has 10 heteroatoms. The van der Waals surface area contributed by atoms with Crippen molar-refractivity contribution in [2.24, 2.45) is 0 Å². The van der Waals surface area contributed by atoms with Gasteiger partial charge in [0.15, 0.2) is 0 Å². The molecule has 6 nitrogen and oxygen atoms in total. The lowest BCUT2D eigenvalue weighted by molar-refractivity contribution is -0.159. The topological polar surface area (TPSA) is 71.3 Å². The highest BCUT2D eigenvalue weighted by molar-refractivity contribution is 6.31. The number of amides is 1. The highest BCUT2D eigenvalue weighted by atomic mass is 35.5. The molecule has 172 valence electrons. The molecule has 2 aromatic carbocycles. The van der Waals surface area contributed by atoms with E-state index in [9.17, 15) is 18.0 Å². The Balaban J connectivity index is 1.43. The Bertz CT molecular complexity index is 1230. The number of alkyl halides is 3. The normalized spacial score (nSPS) is 20.9. The smallest absolute Gasteiger partial charge is 0.331 e. The first-order valence-corrected chi connectivity index (χ1v) is 10.9. The average Bonchev–Trinajstić information content (AvgIpc) is 3.41. The average molecular weight is 477 g/mol. The molecule has 1 unspecified atom stereocenters. The van der Waals surface area contributed by atoms with Crippen LogP contribution in [0.5, 0.6) is 0 Å². The first-order chi connectivity index (χ1) is 15.7. The van der Waals surface area contributed by atoms with Crippen molar-refractivity contribution in [2.75, 3.05) is 13.1 Å². The van der Waals surface area contributed by atoms with E-state index in [1.54, 1.807) is 18.2 Å². The Labute approximate surface area is 192 Å². The minimum atomic E-state index is -4.72. The zero-order valence-electron chi connectivity index (χ0n) is 17.6. The van der Waals surface area contributed by atoms with Crippen molar-refractivity contribution in [3.8, 4) is 11.4 Å². The molecule has 0 aliphatic carbocycles. The number of fused-ring (bicyclic) bond motifs is 1. The van der Waals surface area contributed by atoms with Gasteiger partial charge in [0, 0.05) is 41.2 Å². The summed E-state index contributed by atoms with van der Waals surface area (Å²) in [7, 11) is 0. The summed E-state index contributed by atoms with van der Waals surface area (Å²) >= 11 is 6.36. The number of carbonyl (C=O) groups excluding carboxylic acids is 1. The van der Waals surface area contributed by atoms with E-state index < -0.39 is 12.1 Å². The number of nitrogens with zero attached hydrogens (tertiary/aromatic N) is 3. The molecule has 1 aromatic heterocycles. The van der Waals surface area contributed by atoms with Crippen LogP contribution in [0, 0.1) is 6.92 Å². The summed E-state index contributed by atoms with van der Waals surface area (Å²) in [5.41, 5.74) is 3.63. The molecule has 1 amide bonds. The molecule has 33 heavy (non-hydrogen) atoms. The predicted octanol–water partition coefficient (Wildman–Crippen LogP) is 4.82. The first-order valence-electron chi connectivity index (χ1n) is 10.5. The molecule has 3 aromatic rings. The Morgan fingerprint density at radius 3 is 2.76 bits per heavy atom. The number of hydrogen-bond acceptors (Lipinski definition) is 5. The van der Waals surface area contributed by atoms with Crippen molar-refractivity contribution in [3.05, 3.63) is 69.6 Å². The van der Waals surface area contributed by atoms with Crippen molar-refractivity contribution in [3.63, 3.8) is 0 Å². The van der Waals surface area contributed by atoms with Gasteiger partial charge in [-0.1, -0.05) is 41.0 Å². The molecule has 1 fully saturated rings. The van der Waals surface area contributed by atoms with Crippen molar-refractivity contribution < 1.29 is 22.5 Å². The number of carbonyl (C=O) groups is 1. The molecule has 0 radical (unpaired) electrons. The summed E-state index contributed by atoms with van der Waals surface area (Å²) in [5.74, 6) is -1.70. The van der Waals surface area contributed by atoms with Crippen LogP contribution < -0.4 is 5.32 Å². The van der Waals surface area contributed by atoms with Gasteiger partial charge < -0.3 is 14.7 Å². The second kappa shape index (κ2) is 8.14. The van der Waals surface area contributed by atoms with E-state index in [-0.39, 0.29) is 23.7 Å². The van der Waals surface area contributed by atoms with Gasteiger partial charge >= 0.3 is 12.1 Å². The van der Waals surface area contributed by atoms with Crippen LogP contribution in [0.2, 0.25) is 5.02 Å². The summed E-state index contributed by atoms with van der Waals surface area (Å²) in [6.07, 6.45) is -3.94. The summed E-state index contributed by atoms with van der Waals surface area (Å²) in [5, 5.41) is 7.52. The van der Waals surface area contributed by atoms with Crippen LogP contribution in [0.4, 0.5) is 13.2 Å². The zero-order valence-corrected chi connectivity index (χ0v) is 18.4. The predicted molar refractivity (Wildman–Crippen MR) is 115 cm³/mol. The Kier molecular flexibility index (Phi) is 5.41. The maximum atomic E-state index is 13.4. The highest BCUT2D eigenvalue weighted by Gasteiger charge is 2.40. The standard InChI is InChI=1S/C23H20ClF3N4O2/c1-12-2-3-13(9-18(12)24)17-10-28-7-6-19(17)31-11-15-5-4-14(8-16(15)21(31)32)20-29-22(33-30-20)23(25,26)27/h2-5,8-9,17,19,28H,6-7,10-11H2,1H3/t17-,19?/m0/s1. The van der Waals surface area contributed by atoms with Crippen LogP contribution in [-0.4, -0.2) is 40.1 Å². The zero-order chi connectivity index (χ0) is 23.3. The second-order valence-corrected chi connectivity index (χ2v) is 8.81. The second-order valence-electron chi connectivity index (χ2n) is 8.40. The molecule has 3 heterocycles. The summed E-state index contributed by atoms with van der Waals surface area (Å²) < 4.78 is 42.8. The molecule has 0 saturated carbocycles. The monoisotopic (exact) mass is 476 g/mol. The van der Waals surface area contributed by atoms with E-state index in [4.69, 9.17) is 11.6 Å². The van der Waals surface area contributed by atoms with E-state index in [0.29, 0.717) is 22.7 Å². The number of nitrogens with one attached hydrogen (secondary N) is 1. The van der Waals surface area contributed by atoms with Gasteiger partial charge in [-0.3, -0.25) is 4.79 Å². The van der Waals surface area contributed by atoms with E-state index in [1.807, 2.05) is 30.0 Å². The number of aromatic nitrogens is 2. The third-order valence-electron chi connectivity index (χ3n) is 6.34. The molecule has 2 atom stereocenters. The fourth-order valence-electron chi connectivity index (χ4n) is 4.58. The van der Waals surface area contributed by atoms with E-state index >= 15 is 0 Å². The Morgan fingerprint density at radius 1 is 1.21 bits per heavy atom. The number of hydrogen-bond donors (Lipinski definition) is 1. The van der Waals surface area contributed by atoms with Crippen molar-refractivity contribution in [1.82, 2.24) is 20.4 Å². The van der Waals surface area contributed by atoms with Gasteiger partial charge in [0.25, 0.3) is 5.91 Å². The lowest BCUT2D eigenvalue weighted by Crippen LogP contribution is -2.48. The molecule has 0 spiro atoms. The summed E-state index contributed by atoms with van der Waals surface area (Å²) in [6.45, 7) is 3.89. The number of rotatable bonds is 3. The van der Waals surface area contributed by atoms with E-state index in [0.717, 1.165) is 36.2 Å². The van der Waals surface area contributed by atoms with Crippen LogP contribution >= 0.6 is 11.6 Å². The van der Waals surface area contributed by atoms with Gasteiger partial charge in [-0.15, -0.1) is 0 Å². The van der Waals surface area contributed by atoms with Gasteiger partial charge in [0.05, 0.1) is 0 Å². The fourth-order valence-corrected chi connectivity index (χ4v) is 4.77. The SMILES string of the molecule is Cc1ccc([C@@H]2CNCCC2N2Cc3ccc(-c4noc(C(F)(F)F)n4)cc3C2=O)cc1Cl.